The van der Waals surface area contributed by atoms with Crippen LogP contribution >= 0.6 is 0 Å². The van der Waals surface area contributed by atoms with Crippen LogP contribution in [0.1, 0.15) is 24.6 Å². The van der Waals surface area contributed by atoms with Crippen molar-refractivity contribution in [2.24, 2.45) is 7.05 Å². The maximum atomic E-state index is 12.9. The van der Waals surface area contributed by atoms with E-state index < -0.39 is 18.0 Å². The minimum atomic E-state index is -1.02. The summed E-state index contributed by atoms with van der Waals surface area (Å²) in [7, 11) is 1.74. The first-order valence-electron chi connectivity index (χ1n) is 9.76. The number of ether oxygens (including phenoxy) is 1. The highest BCUT2D eigenvalue weighted by Gasteiger charge is 2.23. The minimum absolute atomic E-state index is 0.165. The van der Waals surface area contributed by atoms with E-state index in [1.807, 2.05) is 60.7 Å². The van der Waals surface area contributed by atoms with Gasteiger partial charge >= 0.3 is 5.97 Å². The van der Waals surface area contributed by atoms with Crippen LogP contribution in [0.2, 0.25) is 0 Å². The Morgan fingerprint density at radius 3 is 2.27 bits per heavy atom. The number of aryl methyl sites for hydroxylation is 1. The molecular formula is C23H25N3O4. The zero-order valence-corrected chi connectivity index (χ0v) is 17.3. The lowest BCUT2D eigenvalue weighted by atomic mass is 10.1. The standard InChI is InChI=1S/C23H25N3O4/c1-16-21(23(29)26(25(16)3)19-12-8-5-9-13-19)24-22(28)17(2)30-20(27)15-14-18-10-6-4-7-11-18/h4-13,17H,14-15H2,1-3H3,(H,24,28)/t17-/m0/s1. The van der Waals surface area contributed by atoms with E-state index in [2.05, 4.69) is 5.32 Å². The Labute approximate surface area is 174 Å². The molecule has 0 bridgehead atoms. The van der Waals surface area contributed by atoms with E-state index in [4.69, 9.17) is 4.74 Å². The lowest BCUT2D eigenvalue weighted by Gasteiger charge is -2.13. The molecule has 7 heteroatoms. The van der Waals surface area contributed by atoms with Crippen LogP contribution in [0.4, 0.5) is 5.69 Å². The number of amides is 1. The normalized spacial score (nSPS) is 11.7. The number of nitrogens with one attached hydrogen (secondary N) is 1. The van der Waals surface area contributed by atoms with Gasteiger partial charge in [-0.3, -0.25) is 19.1 Å². The van der Waals surface area contributed by atoms with Crippen molar-refractivity contribution >= 4 is 17.6 Å². The van der Waals surface area contributed by atoms with Gasteiger partial charge in [0.25, 0.3) is 11.5 Å². The summed E-state index contributed by atoms with van der Waals surface area (Å²) < 4.78 is 8.39. The Morgan fingerprint density at radius 2 is 1.63 bits per heavy atom. The number of nitrogens with zero attached hydrogens (tertiary/aromatic N) is 2. The van der Waals surface area contributed by atoms with Gasteiger partial charge in [0, 0.05) is 13.5 Å². The third-order valence-corrected chi connectivity index (χ3v) is 4.94. The molecule has 0 radical (unpaired) electrons. The van der Waals surface area contributed by atoms with Gasteiger partial charge in [0.1, 0.15) is 5.69 Å². The lowest BCUT2D eigenvalue weighted by molar-refractivity contribution is -0.153. The molecule has 1 atom stereocenters. The summed E-state index contributed by atoms with van der Waals surface area (Å²) in [5.41, 5.74) is 2.12. The maximum absolute atomic E-state index is 12.9. The zero-order chi connectivity index (χ0) is 21.7. The Balaban J connectivity index is 1.65. The summed E-state index contributed by atoms with van der Waals surface area (Å²) in [6.45, 7) is 3.23. The zero-order valence-electron chi connectivity index (χ0n) is 17.3. The molecule has 0 aliphatic heterocycles. The third-order valence-electron chi connectivity index (χ3n) is 4.94. The second-order valence-corrected chi connectivity index (χ2v) is 7.04. The van der Waals surface area contributed by atoms with Gasteiger partial charge in [-0.2, -0.15) is 0 Å². The molecular weight excluding hydrogens is 382 g/mol. The number of hydrogen-bond acceptors (Lipinski definition) is 4. The van der Waals surface area contributed by atoms with Crippen molar-refractivity contribution in [1.29, 1.82) is 0 Å². The van der Waals surface area contributed by atoms with Crippen LogP contribution in [-0.4, -0.2) is 27.3 Å². The van der Waals surface area contributed by atoms with Gasteiger partial charge in [-0.25, -0.2) is 4.68 Å². The van der Waals surface area contributed by atoms with E-state index in [-0.39, 0.29) is 17.7 Å². The summed E-state index contributed by atoms with van der Waals surface area (Å²) >= 11 is 0. The summed E-state index contributed by atoms with van der Waals surface area (Å²) in [4.78, 5) is 37.5. The number of aromatic nitrogens is 2. The number of anilines is 1. The first-order chi connectivity index (χ1) is 14.4. The molecule has 0 saturated heterocycles. The molecule has 1 aromatic heterocycles. The van der Waals surface area contributed by atoms with Crippen molar-refractivity contribution < 1.29 is 14.3 Å². The van der Waals surface area contributed by atoms with Crippen LogP contribution in [0, 0.1) is 6.92 Å². The molecule has 0 aliphatic rings. The molecule has 0 saturated carbocycles. The molecule has 156 valence electrons. The molecule has 3 aromatic rings. The van der Waals surface area contributed by atoms with E-state index in [0.717, 1.165) is 5.56 Å². The van der Waals surface area contributed by atoms with E-state index in [1.54, 1.807) is 18.7 Å². The molecule has 0 spiro atoms. The number of hydrogen-bond donors (Lipinski definition) is 1. The van der Waals surface area contributed by atoms with Gasteiger partial charge in [-0.05, 0) is 38.0 Å². The summed E-state index contributed by atoms with van der Waals surface area (Å²) in [5, 5.41) is 2.62. The first kappa shape index (κ1) is 21.1. The smallest absolute Gasteiger partial charge is 0.306 e. The molecule has 3 rings (SSSR count). The summed E-state index contributed by atoms with van der Waals surface area (Å²) in [5.74, 6) is -1.01. The lowest BCUT2D eigenvalue weighted by Crippen LogP contribution is -2.32. The van der Waals surface area contributed by atoms with E-state index in [0.29, 0.717) is 17.8 Å². The molecule has 0 fully saturated rings. The Bertz CT molecular complexity index is 1080. The van der Waals surface area contributed by atoms with E-state index >= 15 is 0 Å². The predicted octanol–water partition coefficient (Wildman–Crippen LogP) is 2.99. The van der Waals surface area contributed by atoms with Crippen LogP contribution in [0.15, 0.2) is 65.5 Å². The number of benzene rings is 2. The highest BCUT2D eigenvalue weighted by Crippen LogP contribution is 2.14. The Morgan fingerprint density at radius 1 is 1.03 bits per heavy atom. The monoisotopic (exact) mass is 407 g/mol. The Kier molecular flexibility index (Phi) is 6.51. The number of carbonyl (C=O) groups excluding carboxylic acids is 2. The second-order valence-electron chi connectivity index (χ2n) is 7.04. The van der Waals surface area contributed by atoms with Gasteiger partial charge in [0.2, 0.25) is 0 Å². The molecule has 1 amide bonds. The predicted molar refractivity (Wildman–Crippen MR) is 115 cm³/mol. The fraction of sp³-hybridized carbons (Fsp3) is 0.261. The van der Waals surface area contributed by atoms with Crippen molar-refractivity contribution in [3.63, 3.8) is 0 Å². The fourth-order valence-electron chi connectivity index (χ4n) is 3.14. The molecule has 0 unspecified atom stereocenters. The molecule has 0 aliphatic carbocycles. The SMILES string of the molecule is Cc1c(NC(=O)[C@H](C)OC(=O)CCc2ccccc2)c(=O)n(-c2ccccc2)n1C. The van der Waals surface area contributed by atoms with Crippen LogP contribution < -0.4 is 10.9 Å². The fourth-order valence-corrected chi connectivity index (χ4v) is 3.14. The third kappa shape index (κ3) is 4.68. The van der Waals surface area contributed by atoms with Gasteiger partial charge in [0.15, 0.2) is 6.10 Å². The number of para-hydroxylation sites is 1. The molecule has 30 heavy (non-hydrogen) atoms. The van der Waals surface area contributed by atoms with Gasteiger partial charge < -0.3 is 10.1 Å². The van der Waals surface area contributed by atoms with E-state index in [9.17, 15) is 14.4 Å². The highest BCUT2D eigenvalue weighted by molar-refractivity contribution is 5.95. The van der Waals surface area contributed by atoms with Crippen molar-refractivity contribution in [2.45, 2.75) is 32.8 Å². The van der Waals surface area contributed by atoms with Crippen LogP contribution in [0.5, 0.6) is 0 Å². The quantitative estimate of drug-likeness (QED) is 0.611. The molecule has 2 aromatic carbocycles. The average Bonchev–Trinajstić information content (AvgIpc) is 2.96. The average molecular weight is 407 g/mol. The molecule has 1 N–H and O–H groups in total. The molecule has 1 heterocycles. The van der Waals surface area contributed by atoms with Crippen molar-refractivity contribution in [1.82, 2.24) is 9.36 Å². The molecule has 7 nitrogen and oxygen atoms in total. The van der Waals surface area contributed by atoms with Crippen LogP contribution in [0.25, 0.3) is 5.69 Å². The van der Waals surface area contributed by atoms with Crippen LogP contribution in [0.3, 0.4) is 0 Å². The first-order valence-corrected chi connectivity index (χ1v) is 9.76. The number of rotatable bonds is 7. The van der Waals surface area contributed by atoms with Crippen molar-refractivity contribution in [2.75, 3.05) is 5.32 Å². The van der Waals surface area contributed by atoms with Crippen LogP contribution in [-0.2, 0) is 27.8 Å². The number of carbonyl (C=O) groups is 2. The summed E-state index contributed by atoms with van der Waals surface area (Å²) in [6.07, 6.45) is -0.308. The maximum Gasteiger partial charge on any atom is 0.306 e. The van der Waals surface area contributed by atoms with Crippen molar-refractivity contribution in [3.05, 3.63) is 82.3 Å². The van der Waals surface area contributed by atoms with Crippen molar-refractivity contribution in [3.8, 4) is 5.69 Å². The Hall–Kier alpha value is -3.61. The van der Waals surface area contributed by atoms with Gasteiger partial charge in [0.05, 0.1) is 11.4 Å². The number of esters is 1. The highest BCUT2D eigenvalue weighted by atomic mass is 16.5. The van der Waals surface area contributed by atoms with Gasteiger partial charge in [-0.15, -0.1) is 0 Å². The topological polar surface area (TPSA) is 82.3 Å². The van der Waals surface area contributed by atoms with Gasteiger partial charge in [-0.1, -0.05) is 48.5 Å². The van der Waals surface area contributed by atoms with E-state index in [1.165, 1.54) is 11.6 Å². The summed E-state index contributed by atoms with van der Waals surface area (Å²) in [6, 6.07) is 18.7. The minimum Gasteiger partial charge on any atom is -0.453 e. The second kappa shape index (κ2) is 9.26. The largest absolute Gasteiger partial charge is 0.453 e.